The lowest BCUT2D eigenvalue weighted by molar-refractivity contribution is -0.384. The first-order valence-electron chi connectivity index (χ1n) is 9.35. The van der Waals surface area contributed by atoms with Gasteiger partial charge in [-0.2, -0.15) is 0 Å². The maximum absolute atomic E-state index is 12.8. The molecular formula is C22H21N3O5S. The van der Waals surface area contributed by atoms with Gasteiger partial charge in [-0.05, 0) is 62.0 Å². The normalized spacial score (nSPS) is 11.1. The number of benzene rings is 2. The van der Waals surface area contributed by atoms with Crippen LogP contribution in [-0.4, -0.2) is 27.6 Å². The number of hydrogen-bond acceptors (Lipinski definition) is 5. The van der Waals surface area contributed by atoms with Crippen LogP contribution in [0.1, 0.15) is 31.1 Å². The van der Waals surface area contributed by atoms with Crippen molar-refractivity contribution < 1.29 is 19.6 Å². The fraction of sp³-hybridized carbons (Fsp3) is 0.182. The lowest BCUT2D eigenvalue weighted by atomic mass is 10.0. The molecule has 0 saturated carbocycles. The molecule has 160 valence electrons. The van der Waals surface area contributed by atoms with Crippen LogP contribution in [0.5, 0.6) is 0 Å². The van der Waals surface area contributed by atoms with E-state index in [9.17, 15) is 24.8 Å². The molecule has 31 heavy (non-hydrogen) atoms. The van der Waals surface area contributed by atoms with E-state index in [2.05, 4.69) is 5.32 Å². The monoisotopic (exact) mass is 439 g/mol. The average Bonchev–Trinajstić information content (AvgIpc) is 3.22. The molecule has 8 nitrogen and oxygen atoms in total. The number of nitro groups is 1. The van der Waals surface area contributed by atoms with Crippen molar-refractivity contribution in [1.82, 2.24) is 0 Å². The van der Waals surface area contributed by atoms with Gasteiger partial charge in [0.1, 0.15) is 0 Å². The molecule has 0 saturated heterocycles. The minimum absolute atomic E-state index is 0.123. The number of anilines is 2. The summed E-state index contributed by atoms with van der Waals surface area (Å²) in [6.07, 6.45) is -1.15. The molecule has 0 aliphatic heterocycles. The van der Waals surface area contributed by atoms with Gasteiger partial charge in [0.05, 0.1) is 16.3 Å². The van der Waals surface area contributed by atoms with Crippen LogP contribution in [0.4, 0.5) is 21.9 Å². The third-order valence-electron chi connectivity index (χ3n) is 4.49. The second-order valence-corrected chi connectivity index (χ2v) is 8.70. The molecule has 2 amide bonds. The van der Waals surface area contributed by atoms with Crippen molar-refractivity contribution in [3.05, 3.63) is 75.7 Å². The van der Waals surface area contributed by atoms with Crippen LogP contribution in [0.2, 0.25) is 0 Å². The number of nitro benzene ring substituents is 1. The van der Waals surface area contributed by atoms with Crippen LogP contribution in [-0.2, 0) is 0 Å². The summed E-state index contributed by atoms with van der Waals surface area (Å²) in [5, 5.41) is 25.4. The third kappa shape index (κ3) is 4.89. The van der Waals surface area contributed by atoms with E-state index < -0.39 is 22.5 Å². The first kappa shape index (κ1) is 22.0. The maximum Gasteiger partial charge on any atom is 0.412 e. The van der Waals surface area contributed by atoms with Crippen molar-refractivity contribution in [2.75, 3.05) is 10.2 Å². The van der Waals surface area contributed by atoms with Crippen LogP contribution in [0.25, 0.3) is 10.4 Å². The lowest BCUT2D eigenvalue weighted by Crippen LogP contribution is -2.45. The number of carbonyl (C=O) groups is 2. The van der Waals surface area contributed by atoms with E-state index in [1.165, 1.54) is 40.5 Å². The number of non-ortho nitro benzene ring substituents is 1. The molecule has 0 fully saturated rings. The number of carbonyl (C=O) groups excluding carboxylic acids is 1. The van der Waals surface area contributed by atoms with Gasteiger partial charge in [-0.25, -0.2) is 4.79 Å². The highest BCUT2D eigenvalue weighted by molar-refractivity contribution is 7.13. The largest absolute Gasteiger partial charge is 0.465 e. The first-order valence-corrected chi connectivity index (χ1v) is 10.2. The molecule has 1 heterocycles. The van der Waals surface area contributed by atoms with Gasteiger partial charge in [0.2, 0.25) is 0 Å². The van der Waals surface area contributed by atoms with Gasteiger partial charge in [-0.15, -0.1) is 11.3 Å². The molecule has 0 atom stereocenters. The van der Waals surface area contributed by atoms with Crippen LogP contribution in [0.15, 0.2) is 60.0 Å². The Kier molecular flexibility index (Phi) is 6.07. The van der Waals surface area contributed by atoms with Gasteiger partial charge >= 0.3 is 6.09 Å². The van der Waals surface area contributed by atoms with Gasteiger partial charge in [-0.1, -0.05) is 12.1 Å². The Balaban J connectivity index is 2.04. The average molecular weight is 439 g/mol. The summed E-state index contributed by atoms with van der Waals surface area (Å²) < 4.78 is 0. The zero-order valence-electron chi connectivity index (χ0n) is 17.2. The fourth-order valence-electron chi connectivity index (χ4n) is 3.11. The minimum Gasteiger partial charge on any atom is -0.465 e. The Morgan fingerprint density at radius 3 is 2.29 bits per heavy atom. The number of carboxylic acid groups (broad SMARTS) is 1. The summed E-state index contributed by atoms with van der Waals surface area (Å²) in [6.45, 7) is 5.28. The summed E-state index contributed by atoms with van der Waals surface area (Å²) in [5.74, 6) is -0.501. The van der Waals surface area contributed by atoms with Gasteiger partial charge in [0.25, 0.3) is 11.6 Å². The highest BCUT2D eigenvalue weighted by atomic mass is 32.1. The zero-order chi connectivity index (χ0) is 22.8. The Labute approximate surface area is 182 Å². The van der Waals surface area contributed by atoms with Crippen LogP contribution >= 0.6 is 11.3 Å². The van der Waals surface area contributed by atoms with Gasteiger partial charge in [0, 0.05) is 28.1 Å². The molecule has 3 rings (SSSR count). The summed E-state index contributed by atoms with van der Waals surface area (Å²) >= 11 is 1.52. The van der Waals surface area contributed by atoms with E-state index in [0.717, 1.165) is 10.4 Å². The maximum atomic E-state index is 12.8. The van der Waals surface area contributed by atoms with E-state index in [1.807, 2.05) is 23.6 Å². The summed E-state index contributed by atoms with van der Waals surface area (Å²) in [7, 11) is 0. The smallest absolute Gasteiger partial charge is 0.412 e. The molecule has 9 heteroatoms. The molecule has 0 bridgehead atoms. The van der Waals surface area contributed by atoms with Crippen molar-refractivity contribution in [2.24, 2.45) is 0 Å². The molecule has 0 radical (unpaired) electrons. The predicted octanol–water partition coefficient (Wildman–Crippen LogP) is 5.86. The second kappa shape index (κ2) is 8.57. The van der Waals surface area contributed by atoms with Crippen molar-refractivity contribution in [2.45, 2.75) is 26.3 Å². The van der Waals surface area contributed by atoms with Crippen LogP contribution < -0.4 is 10.2 Å². The molecular weight excluding hydrogens is 418 g/mol. The second-order valence-electron chi connectivity index (χ2n) is 7.76. The van der Waals surface area contributed by atoms with E-state index in [4.69, 9.17) is 0 Å². The highest BCUT2D eigenvalue weighted by Gasteiger charge is 2.30. The van der Waals surface area contributed by atoms with Crippen molar-refractivity contribution in [1.29, 1.82) is 0 Å². The van der Waals surface area contributed by atoms with E-state index in [-0.39, 0.29) is 11.3 Å². The Hall–Kier alpha value is -3.72. The SMILES string of the molecule is CC(C)(C)N(C(=O)O)c1ccc(-c2cccs2)cc1NC(=O)c1ccc([N+](=O)[O-])cc1. The molecule has 3 aromatic rings. The molecule has 2 N–H and O–H groups in total. The molecule has 2 aromatic carbocycles. The predicted molar refractivity (Wildman–Crippen MR) is 121 cm³/mol. The Morgan fingerprint density at radius 1 is 1.10 bits per heavy atom. The van der Waals surface area contributed by atoms with Crippen LogP contribution in [0.3, 0.4) is 0 Å². The van der Waals surface area contributed by atoms with Gasteiger partial charge < -0.3 is 10.4 Å². The lowest BCUT2D eigenvalue weighted by Gasteiger charge is -2.34. The van der Waals surface area contributed by atoms with E-state index in [0.29, 0.717) is 11.4 Å². The standard InChI is InChI=1S/C22H21N3O5S/c1-22(2,3)24(21(27)28)18-11-8-15(19-5-4-12-31-19)13-17(18)23-20(26)14-6-9-16(10-7-14)25(29)30/h4-13H,1-3H3,(H,23,26)(H,27,28). The highest BCUT2D eigenvalue weighted by Crippen LogP contribution is 2.36. The molecule has 1 aromatic heterocycles. The van der Waals surface area contributed by atoms with Crippen LogP contribution in [0, 0.1) is 10.1 Å². The first-order chi connectivity index (χ1) is 14.6. The zero-order valence-corrected chi connectivity index (χ0v) is 18.0. The summed E-state index contributed by atoms with van der Waals surface area (Å²) in [6, 6.07) is 14.2. The molecule has 0 aliphatic rings. The molecule has 0 unspecified atom stereocenters. The Morgan fingerprint density at radius 2 is 1.77 bits per heavy atom. The Bertz CT molecular complexity index is 1120. The van der Waals surface area contributed by atoms with Crippen molar-refractivity contribution >= 4 is 40.4 Å². The van der Waals surface area contributed by atoms with E-state index in [1.54, 1.807) is 32.9 Å². The molecule has 0 aliphatic carbocycles. The molecule has 0 spiro atoms. The number of amides is 2. The quantitative estimate of drug-likeness (QED) is 0.382. The topological polar surface area (TPSA) is 113 Å². The summed E-state index contributed by atoms with van der Waals surface area (Å²) in [5.41, 5.74) is 0.819. The number of rotatable bonds is 5. The van der Waals surface area contributed by atoms with Gasteiger partial charge in [-0.3, -0.25) is 19.8 Å². The number of nitrogens with one attached hydrogen (secondary N) is 1. The fourth-order valence-corrected chi connectivity index (χ4v) is 3.83. The minimum atomic E-state index is -1.15. The number of hydrogen-bond donors (Lipinski definition) is 2. The van der Waals surface area contributed by atoms with E-state index >= 15 is 0 Å². The number of nitrogens with zero attached hydrogens (tertiary/aromatic N) is 2. The summed E-state index contributed by atoms with van der Waals surface area (Å²) in [4.78, 5) is 37.3. The van der Waals surface area contributed by atoms with Crippen molar-refractivity contribution in [3.63, 3.8) is 0 Å². The van der Waals surface area contributed by atoms with Crippen molar-refractivity contribution in [3.8, 4) is 10.4 Å². The third-order valence-corrected chi connectivity index (χ3v) is 5.41. The van der Waals surface area contributed by atoms with Gasteiger partial charge in [0.15, 0.2) is 0 Å². The number of thiophene rings is 1.